The molecule has 0 fully saturated rings. The van der Waals surface area contributed by atoms with Crippen molar-refractivity contribution in [3.63, 3.8) is 0 Å². The predicted octanol–water partition coefficient (Wildman–Crippen LogP) is 3.32. The van der Waals surface area contributed by atoms with Crippen LogP contribution in [-0.4, -0.2) is 34.0 Å². The maximum absolute atomic E-state index is 12.7. The van der Waals surface area contributed by atoms with Crippen molar-refractivity contribution in [1.82, 2.24) is 20.2 Å². The number of fused-ring (bicyclic) bond motifs is 1. The average Bonchev–Trinajstić information content (AvgIpc) is 2.67. The van der Waals surface area contributed by atoms with Gasteiger partial charge in [0.05, 0.1) is 23.4 Å². The molecule has 0 bridgehead atoms. The summed E-state index contributed by atoms with van der Waals surface area (Å²) < 4.78 is 38.1. The summed E-state index contributed by atoms with van der Waals surface area (Å²) in [5, 5.41) is 2.82. The number of aromatic amines is 1. The highest BCUT2D eigenvalue weighted by Gasteiger charge is 2.30. The molecule has 150 valence electrons. The molecule has 2 N–H and O–H groups in total. The Hall–Kier alpha value is -2.84. The van der Waals surface area contributed by atoms with Gasteiger partial charge in [-0.1, -0.05) is 25.5 Å². The van der Waals surface area contributed by atoms with Gasteiger partial charge >= 0.3 is 12.2 Å². The molecule has 3 rings (SSSR count). The first-order chi connectivity index (χ1) is 13.3. The van der Waals surface area contributed by atoms with Crippen molar-refractivity contribution in [2.75, 3.05) is 13.1 Å². The lowest BCUT2D eigenvalue weighted by Gasteiger charge is -2.28. The number of rotatable bonds is 4. The number of aromatic nitrogens is 2. The molecule has 28 heavy (non-hydrogen) atoms. The topological polar surface area (TPSA) is 78.1 Å². The number of H-pyrrole nitrogens is 1. The molecule has 0 aliphatic carbocycles. The van der Waals surface area contributed by atoms with Crippen molar-refractivity contribution >= 4 is 6.03 Å². The van der Waals surface area contributed by atoms with Crippen LogP contribution in [0, 0.1) is 0 Å². The molecule has 2 aromatic rings. The first-order valence-corrected chi connectivity index (χ1v) is 9.12. The number of alkyl halides is 3. The van der Waals surface area contributed by atoms with Crippen LogP contribution in [0.5, 0.6) is 0 Å². The number of benzene rings is 1. The molecule has 2 amide bonds. The Kier molecular flexibility index (Phi) is 5.71. The van der Waals surface area contributed by atoms with Gasteiger partial charge in [-0.05, 0) is 18.6 Å². The average molecular weight is 394 g/mol. The number of halogens is 3. The van der Waals surface area contributed by atoms with Gasteiger partial charge in [-0.25, -0.2) is 9.78 Å². The fourth-order valence-electron chi connectivity index (χ4n) is 3.04. The zero-order valence-corrected chi connectivity index (χ0v) is 15.4. The number of unbranched alkanes of at least 4 members (excludes halogenated alkanes) is 1. The van der Waals surface area contributed by atoms with Gasteiger partial charge in [-0.2, -0.15) is 13.2 Å². The van der Waals surface area contributed by atoms with Gasteiger partial charge in [0.2, 0.25) is 0 Å². The standard InChI is InChI=1S/C19H21F3N4O2/c1-2-3-9-23-18(28)26-10-8-15-14(11-26)17(27)25-16(24-15)12-4-6-13(7-5-12)19(20,21)22/h4-7H,2-3,8-11H2,1H3,(H,23,28)(H,24,25,27). The molecular formula is C19H21F3N4O2. The van der Waals surface area contributed by atoms with Gasteiger partial charge in [0.1, 0.15) is 5.82 Å². The van der Waals surface area contributed by atoms with Crippen LogP contribution in [0.3, 0.4) is 0 Å². The number of urea groups is 1. The lowest BCUT2D eigenvalue weighted by atomic mass is 10.1. The van der Waals surface area contributed by atoms with Crippen LogP contribution >= 0.6 is 0 Å². The molecule has 0 radical (unpaired) electrons. The molecule has 6 nitrogen and oxygen atoms in total. The Balaban J connectivity index is 1.79. The first kappa shape index (κ1) is 19.9. The van der Waals surface area contributed by atoms with Crippen molar-refractivity contribution in [3.8, 4) is 11.4 Å². The van der Waals surface area contributed by atoms with Crippen LogP contribution in [0.4, 0.5) is 18.0 Å². The summed E-state index contributed by atoms with van der Waals surface area (Å²) >= 11 is 0. The second kappa shape index (κ2) is 8.04. The zero-order valence-electron chi connectivity index (χ0n) is 15.4. The van der Waals surface area contributed by atoms with Gasteiger partial charge < -0.3 is 15.2 Å². The van der Waals surface area contributed by atoms with Crippen molar-refractivity contribution in [2.45, 2.75) is 38.9 Å². The number of nitrogens with one attached hydrogen (secondary N) is 2. The van der Waals surface area contributed by atoms with Crippen molar-refractivity contribution < 1.29 is 18.0 Å². The Labute approximate surface area is 159 Å². The number of carbonyl (C=O) groups is 1. The van der Waals surface area contributed by atoms with Crippen LogP contribution in [0.25, 0.3) is 11.4 Å². The van der Waals surface area contributed by atoms with E-state index < -0.39 is 11.7 Å². The number of carbonyl (C=O) groups excluding carboxylic acids is 1. The molecule has 1 aliphatic heterocycles. The first-order valence-electron chi connectivity index (χ1n) is 9.12. The molecule has 0 saturated heterocycles. The van der Waals surface area contributed by atoms with E-state index in [1.54, 1.807) is 4.90 Å². The quantitative estimate of drug-likeness (QED) is 0.781. The summed E-state index contributed by atoms with van der Waals surface area (Å²) in [5.41, 5.74) is 0.226. The fourth-order valence-corrected chi connectivity index (χ4v) is 3.04. The van der Waals surface area contributed by atoms with Crippen molar-refractivity contribution in [1.29, 1.82) is 0 Å². The predicted molar refractivity (Wildman–Crippen MR) is 97.7 cm³/mol. The van der Waals surface area contributed by atoms with Gasteiger partial charge in [-0.3, -0.25) is 4.79 Å². The SMILES string of the molecule is CCCCNC(=O)N1CCc2nc(-c3ccc(C(F)(F)F)cc3)[nH]c(=O)c2C1. The van der Waals surface area contributed by atoms with Crippen LogP contribution < -0.4 is 10.9 Å². The normalized spacial score (nSPS) is 13.9. The van der Waals surface area contributed by atoms with E-state index in [1.165, 1.54) is 12.1 Å². The van der Waals surface area contributed by atoms with Crippen LogP contribution in [0.1, 0.15) is 36.6 Å². The third kappa shape index (κ3) is 4.35. The van der Waals surface area contributed by atoms with E-state index in [0.717, 1.165) is 25.0 Å². The molecule has 0 unspecified atom stereocenters. The zero-order chi connectivity index (χ0) is 20.3. The highest BCUT2D eigenvalue weighted by Crippen LogP contribution is 2.30. The Morgan fingerprint density at radius 1 is 1.29 bits per heavy atom. The third-order valence-electron chi connectivity index (χ3n) is 4.65. The minimum absolute atomic E-state index is 0.156. The van der Waals surface area contributed by atoms with E-state index >= 15 is 0 Å². The van der Waals surface area contributed by atoms with Crippen LogP contribution in [-0.2, 0) is 19.1 Å². The van der Waals surface area contributed by atoms with Crippen molar-refractivity contribution in [2.24, 2.45) is 0 Å². The summed E-state index contributed by atoms with van der Waals surface area (Å²) in [6.45, 7) is 3.19. The fraction of sp³-hybridized carbons (Fsp3) is 0.421. The molecule has 1 aliphatic rings. The number of hydrogen-bond acceptors (Lipinski definition) is 3. The smallest absolute Gasteiger partial charge is 0.338 e. The molecule has 0 spiro atoms. The maximum atomic E-state index is 12.7. The Morgan fingerprint density at radius 3 is 2.64 bits per heavy atom. The molecule has 1 aromatic carbocycles. The molecule has 0 saturated carbocycles. The number of hydrogen-bond donors (Lipinski definition) is 2. The Morgan fingerprint density at radius 2 is 2.00 bits per heavy atom. The second-order valence-electron chi connectivity index (χ2n) is 6.67. The van der Waals surface area contributed by atoms with Crippen LogP contribution in [0.15, 0.2) is 29.1 Å². The second-order valence-corrected chi connectivity index (χ2v) is 6.67. The molecular weight excluding hydrogens is 373 g/mol. The van der Waals surface area contributed by atoms with E-state index in [0.29, 0.717) is 36.3 Å². The molecule has 1 aromatic heterocycles. The van der Waals surface area contributed by atoms with Gasteiger partial charge in [0, 0.05) is 25.1 Å². The minimum Gasteiger partial charge on any atom is -0.338 e. The minimum atomic E-state index is -4.42. The van der Waals surface area contributed by atoms with E-state index in [9.17, 15) is 22.8 Å². The Bertz CT molecular complexity index is 907. The summed E-state index contributed by atoms with van der Waals surface area (Å²) in [5.74, 6) is 0.221. The van der Waals surface area contributed by atoms with Crippen molar-refractivity contribution in [3.05, 3.63) is 51.4 Å². The molecule has 2 heterocycles. The van der Waals surface area contributed by atoms with E-state index in [4.69, 9.17) is 0 Å². The highest BCUT2D eigenvalue weighted by molar-refractivity contribution is 5.74. The molecule has 9 heteroatoms. The lowest BCUT2D eigenvalue weighted by Crippen LogP contribution is -2.45. The maximum Gasteiger partial charge on any atom is 0.416 e. The number of amides is 2. The largest absolute Gasteiger partial charge is 0.416 e. The van der Waals surface area contributed by atoms with E-state index in [2.05, 4.69) is 15.3 Å². The van der Waals surface area contributed by atoms with Gasteiger partial charge in [0.15, 0.2) is 0 Å². The molecule has 0 atom stereocenters. The lowest BCUT2D eigenvalue weighted by molar-refractivity contribution is -0.137. The summed E-state index contributed by atoms with van der Waals surface area (Å²) in [6, 6.07) is 4.26. The van der Waals surface area contributed by atoms with Gasteiger partial charge in [-0.15, -0.1) is 0 Å². The number of nitrogens with zero attached hydrogens (tertiary/aromatic N) is 2. The monoisotopic (exact) mass is 394 g/mol. The van der Waals surface area contributed by atoms with E-state index in [-0.39, 0.29) is 24.0 Å². The van der Waals surface area contributed by atoms with Crippen LogP contribution in [0.2, 0.25) is 0 Å². The summed E-state index contributed by atoms with van der Waals surface area (Å²) in [6.07, 6.45) is -2.15. The van der Waals surface area contributed by atoms with E-state index in [1.807, 2.05) is 6.92 Å². The highest BCUT2D eigenvalue weighted by atomic mass is 19.4. The summed E-state index contributed by atoms with van der Waals surface area (Å²) in [7, 11) is 0. The van der Waals surface area contributed by atoms with Gasteiger partial charge in [0.25, 0.3) is 5.56 Å². The third-order valence-corrected chi connectivity index (χ3v) is 4.65. The summed E-state index contributed by atoms with van der Waals surface area (Å²) in [4.78, 5) is 33.3.